The maximum absolute atomic E-state index is 5.19. The smallest absolute Gasteiger partial charge is 0.131 e. The minimum atomic E-state index is -0.194. The molecule has 9 aromatic rings. The van der Waals surface area contributed by atoms with Gasteiger partial charge in [0.25, 0.3) is 0 Å². The van der Waals surface area contributed by atoms with Crippen molar-refractivity contribution < 1.29 is 0 Å². The van der Waals surface area contributed by atoms with Gasteiger partial charge in [-0.25, -0.2) is 4.99 Å². The lowest BCUT2D eigenvalue weighted by atomic mass is 10.0. The molecule has 258 valence electrons. The Bertz CT molecular complexity index is 3000. The van der Waals surface area contributed by atoms with Crippen molar-refractivity contribution in [2.24, 2.45) is 4.99 Å². The molecule has 0 saturated heterocycles. The summed E-state index contributed by atoms with van der Waals surface area (Å²) >= 11 is 0. The summed E-state index contributed by atoms with van der Waals surface area (Å²) in [6.45, 7) is 0. The van der Waals surface area contributed by atoms with Crippen molar-refractivity contribution in [2.45, 2.75) is 25.2 Å². The van der Waals surface area contributed by atoms with Gasteiger partial charge in [-0.15, -0.1) is 0 Å². The summed E-state index contributed by atoms with van der Waals surface area (Å²) < 4.78 is 4.91. The third-order valence-electron chi connectivity index (χ3n) is 11.2. The van der Waals surface area contributed by atoms with Crippen LogP contribution in [0.5, 0.6) is 0 Å². The van der Waals surface area contributed by atoms with Crippen LogP contribution in [-0.4, -0.2) is 15.0 Å². The molecule has 2 N–H and O–H groups in total. The van der Waals surface area contributed by atoms with Crippen molar-refractivity contribution in [3.8, 4) is 5.69 Å². The molecule has 11 rings (SSSR count). The molecule has 2 aromatic heterocycles. The molecule has 2 atom stereocenters. The van der Waals surface area contributed by atoms with E-state index >= 15 is 0 Å². The van der Waals surface area contributed by atoms with Crippen LogP contribution in [0, 0.1) is 0 Å². The number of aliphatic imine (C=N–C) groups is 1. The van der Waals surface area contributed by atoms with E-state index in [9.17, 15) is 0 Å². The van der Waals surface area contributed by atoms with Crippen LogP contribution in [0.1, 0.15) is 41.9 Å². The van der Waals surface area contributed by atoms with Gasteiger partial charge in [0.15, 0.2) is 0 Å². The molecular formula is C49H37N5. The second-order valence-electron chi connectivity index (χ2n) is 14.4. The van der Waals surface area contributed by atoms with Gasteiger partial charge in [-0.05, 0) is 83.3 Å². The molecule has 0 saturated carbocycles. The third kappa shape index (κ3) is 5.01. The average molecular weight is 696 g/mol. The molecule has 5 nitrogen and oxygen atoms in total. The second-order valence-corrected chi connectivity index (χ2v) is 14.4. The first-order chi connectivity index (χ1) is 26.8. The van der Waals surface area contributed by atoms with Gasteiger partial charge in [-0.3, -0.25) is 5.32 Å². The summed E-state index contributed by atoms with van der Waals surface area (Å²) in [6.07, 6.45) is 8.49. The molecule has 2 unspecified atom stereocenters. The zero-order valence-electron chi connectivity index (χ0n) is 29.7. The summed E-state index contributed by atoms with van der Waals surface area (Å²) in [5, 5.41) is 15.0. The van der Waals surface area contributed by atoms with Crippen LogP contribution >= 0.6 is 0 Å². The highest BCUT2D eigenvalue weighted by Crippen LogP contribution is 2.40. The largest absolute Gasteiger partial charge is 0.350 e. The predicted molar refractivity (Wildman–Crippen MR) is 225 cm³/mol. The van der Waals surface area contributed by atoms with Gasteiger partial charge in [0.1, 0.15) is 18.2 Å². The molecule has 2 aliphatic rings. The fourth-order valence-corrected chi connectivity index (χ4v) is 8.63. The van der Waals surface area contributed by atoms with E-state index in [0.717, 1.165) is 41.1 Å². The normalized spacial score (nSPS) is 17.3. The van der Waals surface area contributed by atoms with Crippen LogP contribution in [0.3, 0.4) is 0 Å². The van der Waals surface area contributed by atoms with E-state index in [1.54, 1.807) is 0 Å². The Labute approximate surface area is 313 Å². The summed E-state index contributed by atoms with van der Waals surface area (Å²) in [5.74, 6) is 0.882. The van der Waals surface area contributed by atoms with E-state index in [2.05, 4.69) is 196 Å². The third-order valence-corrected chi connectivity index (χ3v) is 11.2. The molecule has 0 radical (unpaired) electrons. The quantitative estimate of drug-likeness (QED) is 0.188. The van der Waals surface area contributed by atoms with Crippen molar-refractivity contribution in [2.75, 3.05) is 0 Å². The van der Waals surface area contributed by atoms with Gasteiger partial charge in [0.05, 0.1) is 22.1 Å². The number of fused-ring (bicyclic) bond motifs is 7. The van der Waals surface area contributed by atoms with Gasteiger partial charge in [0, 0.05) is 38.5 Å². The first-order valence-electron chi connectivity index (χ1n) is 18.8. The molecule has 0 bridgehead atoms. The standard InChI is InChI=1S/C49H37N5/c1-3-14-33(15-4-1)47-50-48(52-49(51-47)36-24-23-32-13-7-8-16-35(32)29-36)34-25-27-38(28-26-34)54-44-22-12-10-20-40(44)42-30-45-41(31-46(42)54)39-19-9-11-21-43(39)53(45)37-17-5-2-6-18-37/h1-5,7-17,19-31,47-48,50H,6,18H2,(H,51,52). The molecule has 5 heteroatoms. The predicted octanol–water partition coefficient (Wildman–Crippen LogP) is 11.6. The fraction of sp³-hybridized carbons (Fsp3) is 0.0816. The number of hydrogen-bond acceptors (Lipinski definition) is 3. The number of para-hydroxylation sites is 2. The maximum atomic E-state index is 5.19. The molecule has 7 aromatic carbocycles. The highest BCUT2D eigenvalue weighted by atomic mass is 15.3. The monoisotopic (exact) mass is 695 g/mol. The Morgan fingerprint density at radius 2 is 1.20 bits per heavy atom. The molecule has 1 aliphatic heterocycles. The Hall–Kier alpha value is -6.69. The number of allylic oxidation sites excluding steroid dienone is 4. The number of nitrogens with one attached hydrogen (secondary N) is 2. The van der Waals surface area contributed by atoms with Gasteiger partial charge in [-0.1, -0.05) is 127 Å². The number of hydrogen-bond donors (Lipinski definition) is 2. The summed E-state index contributed by atoms with van der Waals surface area (Å²) in [6, 6.07) is 57.1. The van der Waals surface area contributed by atoms with Crippen LogP contribution in [0.2, 0.25) is 0 Å². The highest BCUT2D eigenvalue weighted by Gasteiger charge is 2.26. The van der Waals surface area contributed by atoms with Crippen molar-refractivity contribution in [3.63, 3.8) is 0 Å². The minimum Gasteiger partial charge on any atom is -0.350 e. The van der Waals surface area contributed by atoms with Gasteiger partial charge < -0.3 is 14.5 Å². The lowest BCUT2D eigenvalue weighted by Crippen LogP contribution is -2.44. The zero-order chi connectivity index (χ0) is 35.6. The van der Waals surface area contributed by atoms with Crippen LogP contribution in [-0.2, 0) is 0 Å². The van der Waals surface area contributed by atoms with Crippen LogP contribution in [0.15, 0.2) is 181 Å². The summed E-state index contributed by atoms with van der Waals surface area (Å²) in [4.78, 5) is 5.19. The van der Waals surface area contributed by atoms with Gasteiger partial charge >= 0.3 is 0 Å². The van der Waals surface area contributed by atoms with E-state index in [0.29, 0.717) is 0 Å². The van der Waals surface area contributed by atoms with Crippen LogP contribution < -0.4 is 10.6 Å². The van der Waals surface area contributed by atoms with E-state index in [4.69, 9.17) is 4.99 Å². The topological polar surface area (TPSA) is 46.3 Å². The van der Waals surface area contributed by atoms with E-state index < -0.39 is 0 Å². The Morgan fingerprint density at radius 1 is 0.537 bits per heavy atom. The van der Waals surface area contributed by atoms with Crippen molar-refractivity contribution in [1.29, 1.82) is 0 Å². The number of amidine groups is 1. The van der Waals surface area contributed by atoms with Crippen LogP contribution in [0.25, 0.3) is 65.8 Å². The van der Waals surface area contributed by atoms with E-state index in [1.807, 2.05) is 0 Å². The van der Waals surface area contributed by atoms with Crippen LogP contribution in [0.4, 0.5) is 0 Å². The molecular weight excluding hydrogens is 659 g/mol. The molecule has 0 spiro atoms. The SMILES string of the molecule is C1=CCCC(n2c3ccccc3c3cc4c(cc32)c2ccccc2n4-c2ccc(C3NC(c4ccc5ccccc5c4)=NC(c4ccccc4)N3)cc2)=C1. The Balaban J connectivity index is 1.02. The Morgan fingerprint density at radius 3 is 1.94 bits per heavy atom. The van der Waals surface area contributed by atoms with Crippen molar-refractivity contribution in [3.05, 3.63) is 193 Å². The van der Waals surface area contributed by atoms with Crippen molar-refractivity contribution >= 4 is 65.9 Å². The van der Waals surface area contributed by atoms with E-state index in [-0.39, 0.29) is 12.3 Å². The number of nitrogens with zero attached hydrogens (tertiary/aromatic N) is 3. The molecule has 0 amide bonds. The first-order valence-corrected chi connectivity index (χ1v) is 18.8. The number of benzene rings is 7. The highest BCUT2D eigenvalue weighted by molar-refractivity contribution is 6.19. The molecule has 3 heterocycles. The lowest BCUT2D eigenvalue weighted by molar-refractivity contribution is 0.409. The Kier molecular flexibility index (Phi) is 7.13. The molecule has 54 heavy (non-hydrogen) atoms. The zero-order valence-corrected chi connectivity index (χ0v) is 29.7. The minimum absolute atomic E-state index is 0.143. The number of rotatable bonds is 5. The fourth-order valence-electron chi connectivity index (χ4n) is 8.63. The summed E-state index contributed by atoms with van der Waals surface area (Å²) in [7, 11) is 0. The first kappa shape index (κ1) is 30.9. The average Bonchev–Trinajstić information content (AvgIpc) is 3.75. The van der Waals surface area contributed by atoms with Crippen molar-refractivity contribution in [1.82, 2.24) is 19.8 Å². The molecule has 0 fully saturated rings. The molecule has 1 aliphatic carbocycles. The lowest BCUT2D eigenvalue weighted by Gasteiger charge is -2.32. The van der Waals surface area contributed by atoms with Gasteiger partial charge in [0.2, 0.25) is 0 Å². The van der Waals surface area contributed by atoms with Gasteiger partial charge in [-0.2, -0.15) is 0 Å². The second kappa shape index (κ2) is 12.5. The van der Waals surface area contributed by atoms with E-state index in [1.165, 1.54) is 60.1 Å². The number of aromatic nitrogens is 2. The summed E-state index contributed by atoms with van der Waals surface area (Å²) in [5.41, 5.74) is 10.8. The maximum Gasteiger partial charge on any atom is 0.131 e.